The molecule has 1 nitrogen and oxygen atoms in total. The second-order valence-corrected chi connectivity index (χ2v) is 7.16. The van der Waals surface area contributed by atoms with Crippen molar-refractivity contribution in [2.75, 3.05) is 0 Å². The van der Waals surface area contributed by atoms with E-state index in [1.807, 2.05) is 0 Å². The van der Waals surface area contributed by atoms with Crippen LogP contribution in [-0.2, 0) is 5.41 Å². The van der Waals surface area contributed by atoms with Gasteiger partial charge in [-0.05, 0) is 63.7 Å². The Balaban J connectivity index is 2.41. The van der Waals surface area contributed by atoms with E-state index in [1.54, 1.807) is 0 Å². The van der Waals surface area contributed by atoms with Gasteiger partial charge in [-0.25, -0.2) is 0 Å². The average molecular weight is 316 g/mol. The lowest BCUT2D eigenvalue weighted by atomic mass is 9.86. The number of nitrogens with one attached hydrogen (secondary N) is 1. The molecule has 1 aromatic heterocycles. The van der Waals surface area contributed by atoms with E-state index in [4.69, 9.17) is 0 Å². The largest absolute Gasteiger partial charge is 0.354 e. The van der Waals surface area contributed by atoms with Crippen LogP contribution in [0, 0.1) is 6.92 Å². The average Bonchev–Trinajstić information content (AvgIpc) is 2.66. The number of aromatic amines is 1. The molecule has 0 amide bonds. The minimum Gasteiger partial charge on any atom is -0.354 e. The molecule has 0 aliphatic carbocycles. The number of aromatic nitrogens is 1. The van der Waals surface area contributed by atoms with Crippen molar-refractivity contribution in [3.63, 3.8) is 0 Å². The molecule has 3 rings (SSSR count). The van der Waals surface area contributed by atoms with E-state index in [-0.39, 0.29) is 5.41 Å². The fraction of sp³-hybridized carbons (Fsp3) is 0.294. The Hall–Kier alpha value is -1.28. The molecule has 0 unspecified atom stereocenters. The highest BCUT2D eigenvalue weighted by atomic mass is 79.9. The maximum Gasteiger partial charge on any atom is 0.0609 e. The van der Waals surface area contributed by atoms with Crippen LogP contribution in [0.5, 0.6) is 0 Å². The lowest BCUT2D eigenvalue weighted by molar-refractivity contribution is 0.591. The van der Waals surface area contributed by atoms with Crippen molar-refractivity contribution in [3.05, 3.63) is 45.9 Å². The van der Waals surface area contributed by atoms with Gasteiger partial charge >= 0.3 is 0 Å². The van der Waals surface area contributed by atoms with Gasteiger partial charge in [-0.2, -0.15) is 0 Å². The molecule has 0 aliphatic heterocycles. The Morgan fingerprint density at radius 2 is 1.74 bits per heavy atom. The van der Waals surface area contributed by atoms with E-state index in [1.165, 1.54) is 32.9 Å². The zero-order valence-electron chi connectivity index (χ0n) is 11.8. The van der Waals surface area contributed by atoms with Crippen LogP contribution in [-0.4, -0.2) is 4.98 Å². The molecule has 0 aliphatic rings. The van der Waals surface area contributed by atoms with Crippen LogP contribution in [0.15, 0.2) is 34.8 Å². The van der Waals surface area contributed by atoms with E-state index in [2.05, 4.69) is 78.9 Å². The summed E-state index contributed by atoms with van der Waals surface area (Å²) in [6, 6.07) is 11.1. The SMILES string of the molecule is Cc1cc(Br)c2[nH]c3ccc(C(C)(C)C)cc3c2c1. The molecule has 0 saturated heterocycles. The topological polar surface area (TPSA) is 15.8 Å². The van der Waals surface area contributed by atoms with Crippen molar-refractivity contribution in [2.45, 2.75) is 33.1 Å². The van der Waals surface area contributed by atoms with Crippen LogP contribution in [0.3, 0.4) is 0 Å². The summed E-state index contributed by atoms with van der Waals surface area (Å²) in [5.74, 6) is 0. The van der Waals surface area contributed by atoms with Crippen molar-refractivity contribution in [1.82, 2.24) is 4.98 Å². The summed E-state index contributed by atoms with van der Waals surface area (Å²) >= 11 is 3.65. The Morgan fingerprint density at radius 1 is 1.00 bits per heavy atom. The third-order valence-electron chi connectivity index (χ3n) is 3.67. The van der Waals surface area contributed by atoms with E-state index >= 15 is 0 Å². The first kappa shape index (κ1) is 12.7. The molecule has 19 heavy (non-hydrogen) atoms. The molecule has 1 heterocycles. The highest BCUT2D eigenvalue weighted by molar-refractivity contribution is 9.10. The number of halogens is 1. The van der Waals surface area contributed by atoms with Crippen molar-refractivity contribution in [1.29, 1.82) is 0 Å². The Bertz CT molecular complexity index is 775. The summed E-state index contributed by atoms with van der Waals surface area (Å²) in [5.41, 5.74) is 5.22. The van der Waals surface area contributed by atoms with Crippen LogP contribution >= 0.6 is 15.9 Å². The summed E-state index contributed by atoms with van der Waals surface area (Å²) in [4.78, 5) is 3.51. The molecule has 0 fully saturated rings. The van der Waals surface area contributed by atoms with Crippen LogP contribution in [0.4, 0.5) is 0 Å². The van der Waals surface area contributed by atoms with Gasteiger partial charge in [0.2, 0.25) is 0 Å². The summed E-state index contributed by atoms with van der Waals surface area (Å²) in [7, 11) is 0. The molecule has 0 spiro atoms. The zero-order valence-corrected chi connectivity index (χ0v) is 13.4. The van der Waals surface area contributed by atoms with Crippen molar-refractivity contribution >= 4 is 37.7 Å². The molecule has 0 saturated carbocycles. The van der Waals surface area contributed by atoms with E-state index < -0.39 is 0 Å². The number of hydrogen-bond donors (Lipinski definition) is 1. The minimum atomic E-state index is 0.179. The molecule has 2 aromatic carbocycles. The monoisotopic (exact) mass is 315 g/mol. The summed E-state index contributed by atoms with van der Waals surface area (Å²) in [6.45, 7) is 8.90. The Morgan fingerprint density at radius 3 is 2.42 bits per heavy atom. The number of rotatable bonds is 0. The summed E-state index contributed by atoms with van der Waals surface area (Å²) in [5, 5.41) is 2.61. The van der Waals surface area contributed by atoms with Gasteiger partial charge in [0.25, 0.3) is 0 Å². The summed E-state index contributed by atoms with van der Waals surface area (Å²) in [6.07, 6.45) is 0. The van der Waals surface area contributed by atoms with Crippen LogP contribution < -0.4 is 0 Å². The standard InChI is InChI=1S/C17H18BrN/c1-10-7-13-12-9-11(17(2,3)4)5-6-15(12)19-16(13)14(18)8-10/h5-9,19H,1-4H3. The molecule has 0 bridgehead atoms. The fourth-order valence-electron chi connectivity index (χ4n) is 2.56. The molecule has 0 atom stereocenters. The second-order valence-electron chi connectivity index (χ2n) is 6.30. The van der Waals surface area contributed by atoms with Gasteiger partial charge < -0.3 is 4.98 Å². The third-order valence-corrected chi connectivity index (χ3v) is 4.30. The van der Waals surface area contributed by atoms with E-state index in [9.17, 15) is 0 Å². The van der Waals surface area contributed by atoms with Gasteiger partial charge in [-0.1, -0.05) is 26.8 Å². The molecule has 0 radical (unpaired) electrons. The maximum absolute atomic E-state index is 3.65. The molecule has 1 N–H and O–H groups in total. The van der Waals surface area contributed by atoms with E-state index in [0.29, 0.717) is 0 Å². The van der Waals surface area contributed by atoms with E-state index in [0.717, 1.165) is 4.47 Å². The van der Waals surface area contributed by atoms with Crippen LogP contribution in [0.1, 0.15) is 31.9 Å². The highest BCUT2D eigenvalue weighted by Gasteiger charge is 2.15. The predicted molar refractivity (Wildman–Crippen MR) is 86.9 cm³/mol. The highest BCUT2D eigenvalue weighted by Crippen LogP contribution is 2.34. The number of benzene rings is 2. The summed E-state index contributed by atoms with van der Waals surface area (Å²) < 4.78 is 1.14. The normalized spacial score (nSPS) is 12.5. The van der Waals surface area contributed by atoms with Crippen molar-refractivity contribution in [2.24, 2.45) is 0 Å². The van der Waals surface area contributed by atoms with Gasteiger partial charge in [0, 0.05) is 20.8 Å². The molecule has 2 heteroatoms. The number of aryl methyl sites for hydroxylation is 1. The Kier molecular flexibility index (Phi) is 2.75. The van der Waals surface area contributed by atoms with Crippen LogP contribution in [0.2, 0.25) is 0 Å². The Labute approximate surface area is 122 Å². The molecule has 98 valence electrons. The molecular weight excluding hydrogens is 298 g/mol. The third kappa shape index (κ3) is 2.08. The lowest BCUT2D eigenvalue weighted by Crippen LogP contribution is -2.10. The maximum atomic E-state index is 3.65. The number of hydrogen-bond acceptors (Lipinski definition) is 0. The smallest absolute Gasteiger partial charge is 0.0609 e. The quantitative estimate of drug-likeness (QED) is 0.548. The molecular formula is C17H18BrN. The predicted octanol–water partition coefficient (Wildman–Crippen LogP) is 5.69. The fourth-order valence-corrected chi connectivity index (χ4v) is 3.23. The number of H-pyrrole nitrogens is 1. The van der Waals surface area contributed by atoms with Gasteiger partial charge in [0.05, 0.1) is 5.52 Å². The van der Waals surface area contributed by atoms with Gasteiger partial charge in [-0.3, -0.25) is 0 Å². The van der Waals surface area contributed by atoms with Crippen molar-refractivity contribution < 1.29 is 0 Å². The first-order chi connectivity index (χ1) is 8.86. The van der Waals surface area contributed by atoms with Gasteiger partial charge in [-0.15, -0.1) is 0 Å². The van der Waals surface area contributed by atoms with Gasteiger partial charge in [0.15, 0.2) is 0 Å². The first-order valence-electron chi connectivity index (χ1n) is 6.58. The minimum absolute atomic E-state index is 0.179. The second kappa shape index (κ2) is 4.11. The van der Waals surface area contributed by atoms with Crippen molar-refractivity contribution in [3.8, 4) is 0 Å². The van der Waals surface area contributed by atoms with Gasteiger partial charge in [0.1, 0.15) is 0 Å². The van der Waals surface area contributed by atoms with Crippen LogP contribution in [0.25, 0.3) is 21.8 Å². The lowest BCUT2D eigenvalue weighted by Gasteiger charge is -2.18. The molecule has 3 aromatic rings. The zero-order chi connectivity index (χ0) is 13.8. The number of fused-ring (bicyclic) bond motifs is 3. The first-order valence-corrected chi connectivity index (χ1v) is 7.37.